The maximum Gasteiger partial charge on any atom is 0.266 e. The van der Waals surface area contributed by atoms with E-state index in [1.54, 1.807) is 0 Å². The van der Waals surface area contributed by atoms with E-state index in [0.717, 1.165) is 6.42 Å². The van der Waals surface area contributed by atoms with Crippen molar-refractivity contribution in [1.29, 1.82) is 0 Å². The lowest BCUT2D eigenvalue weighted by molar-refractivity contribution is -0.419. The van der Waals surface area contributed by atoms with Gasteiger partial charge in [0.2, 0.25) is 0 Å². The van der Waals surface area contributed by atoms with E-state index in [0.29, 0.717) is 37.1 Å². The first-order valence-corrected chi connectivity index (χ1v) is 8.50. The molecule has 21 heavy (non-hydrogen) atoms. The summed E-state index contributed by atoms with van der Waals surface area (Å²) in [6.45, 7) is 1.87. The second-order valence-corrected chi connectivity index (χ2v) is 7.42. The fourth-order valence-corrected chi connectivity index (χ4v) is 3.72. The molecule has 0 aromatic carbocycles. The molecular weight excluding hydrogens is 334 g/mol. The summed E-state index contributed by atoms with van der Waals surface area (Å²) >= 11 is 5.65. The predicted octanol–water partition coefficient (Wildman–Crippen LogP) is 5.42. The normalized spacial score (nSPS) is 28.2. The van der Waals surface area contributed by atoms with Gasteiger partial charge in [-0.3, -0.25) is 10.1 Å². The summed E-state index contributed by atoms with van der Waals surface area (Å²) < 4.78 is 50.8. The van der Waals surface area contributed by atoms with Gasteiger partial charge in [-0.2, -0.15) is 0 Å². The number of nitrogens with zero attached hydrogens (tertiary/aromatic N) is 1. The van der Waals surface area contributed by atoms with Crippen molar-refractivity contribution in [1.82, 2.24) is 0 Å². The van der Waals surface area contributed by atoms with Gasteiger partial charge in [0.05, 0.1) is 10.3 Å². The van der Waals surface area contributed by atoms with Crippen LogP contribution in [-0.4, -0.2) is 15.0 Å². The lowest BCUT2D eigenvalue weighted by Gasteiger charge is -2.47. The minimum absolute atomic E-state index is 0.355. The average molecular weight is 350 g/mol. The summed E-state index contributed by atoms with van der Waals surface area (Å²) in [6.07, 6.45) is 5.47. The van der Waals surface area contributed by atoms with Crippen LogP contribution in [0.25, 0.3) is 0 Å². The number of hydrogen-bond acceptors (Lipinski definition) is 2. The van der Waals surface area contributed by atoms with E-state index in [1.165, 1.54) is 6.08 Å². The van der Waals surface area contributed by atoms with Crippen molar-refractivity contribution in [3.8, 4) is 0 Å². The van der Waals surface area contributed by atoms with Crippen LogP contribution in [0, 0.1) is 10.1 Å². The molecule has 0 heterocycles. The minimum Gasteiger partial charge on any atom is -0.258 e. The van der Waals surface area contributed by atoms with Gasteiger partial charge in [-0.25, -0.2) is 0 Å². The zero-order valence-corrected chi connectivity index (χ0v) is 12.8. The van der Waals surface area contributed by atoms with Crippen LogP contribution in [-0.2, 0) is 0 Å². The lowest BCUT2D eigenvalue weighted by Crippen LogP contribution is -2.41. The highest BCUT2D eigenvalue weighted by Gasteiger charge is 2.61. The van der Waals surface area contributed by atoms with Crippen molar-refractivity contribution in [2.24, 2.45) is 0 Å². The summed E-state index contributed by atoms with van der Waals surface area (Å²) in [5, 5.41) is 8.70. The number of unbranched alkanes of at least 4 members (excludes halogenated alkanes) is 2. The first-order valence-electron chi connectivity index (χ1n) is 6.27. The maximum absolute atomic E-state index is 13.4. The first kappa shape index (κ1) is 18.0. The molecule has 0 aromatic rings. The first-order chi connectivity index (χ1) is 9.51. The molecule has 0 amide bonds. The fourth-order valence-electron chi connectivity index (χ4n) is 1.92. The smallest absolute Gasteiger partial charge is 0.258 e. The molecule has 3 nitrogen and oxygen atoms in total. The highest BCUT2D eigenvalue weighted by atomic mass is 35.5. The lowest BCUT2D eigenvalue weighted by atomic mass is 9.96. The Balaban J connectivity index is 3.23. The number of alkyl halides is 1. The van der Waals surface area contributed by atoms with Gasteiger partial charge in [0.15, 0.2) is 10.7 Å². The van der Waals surface area contributed by atoms with Crippen molar-refractivity contribution in [2.75, 3.05) is 0 Å². The molecule has 0 radical (unpaired) electrons. The number of thiol groups is 1. The summed E-state index contributed by atoms with van der Waals surface area (Å²) in [4.78, 5) is 9.72. The maximum atomic E-state index is 13.4. The largest absolute Gasteiger partial charge is 0.266 e. The van der Waals surface area contributed by atoms with Gasteiger partial charge >= 0.3 is 0 Å². The van der Waals surface area contributed by atoms with Gasteiger partial charge in [0.25, 0.3) is 5.70 Å². The Morgan fingerprint density at radius 2 is 2.10 bits per heavy atom. The number of hydrogen-bond donors (Lipinski definition) is 1. The van der Waals surface area contributed by atoms with Gasteiger partial charge in [0, 0.05) is 12.2 Å². The number of halogens is 5. The van der Waals surface area contributed by atoms with Crippen molar-refractivity contribution in [2.45, 2.75) is 36.3 Å². The Morgan fingerprint density at radius 3 is 2.52 bits per heavy atom. The van der Waals surface area contributed by atoms with E-state index in [9.17, 15) is 25.7 Å². The molecule has 0 fully saturated rings. The summed E-state index contributed by atoms with van der Waals surface area (Å²) in [7, 11) is -8.15. The Labute approximate surface area is 126 Å². The quantitative estimate of drug-likeness (QED) is 0.132. The van der Waals surface area contributed by atoms with Gasteiger partial charge in [-0.05, 0) is 6.42 Å². The monoisotopic (exact) mass is 349 g/mol. The molecule has 0 saturated carbocycles. The zero-order chi connectivity index (χ0) is 16.3. The second-order valence-electron chi connectivity index (χ2n) is 4.74. The summed E-state index contributed by atoms with van der Waals surface area (Å²) in [5.41, 5.74) is -0.576. The molecule has 2 unspecified atom stereocenters. The van der Waals surface area contributed by atoms with E-state index < -0.39 is 31.4 Å². The van der Waals surface area contributed by atoms with Crippen LogP contribution < -0.4 is 0 Å². The van der Waals surface area contributed by atoms with Crippen LogP contribution in [0.3, 0.4) is 0 Å². The van der Waals surface area contributed by atoms with Crippen molar-refractivity contribution in [3.63, 3.8) is 0 Å². The topological polar surface area (TPSA) is 43.1 Å². The SMILES string of the molecule is CCCCC=CC1([SH](F)(F)(F)F)C=CC([N+](=O)[O-])=CC1Cl. The Bertz CT molecular complexity index is 506. The van der Waals surface area contributed by atoms with Crippen LogP contribution in [0.5, 0.6) is 0 Å². The van der Waals surface area contributed by atoms with Gasteiger partial charge in [-0.1, -0.05) is 38.0 Å². The molecule has 0 spiro atoms. The van der Waals surface area contributed by atoms with E-state index in [1.807, 2.05) is 6.92 Å². The van der Waals surface area contributed by atoms with Gasteiger partial charge in [0.1, 0.15) is 4.75 Å². The van der Waals surface area contributed by atoms with Crippen molar-refractivity contribution in [3.05, 3.63) is 46.2 Å². The third-order valence-electron chi connectivity index (χ3n) is 3.19. The predicted molar refractivity (Wildman–Crippen MR) is 78.7 cm³/mol. The second kappa shape index (κ2) is 6.00. The molecule has 122 valence electrons. The third kappa shape index (κ3) is 3.79. The van der Waals surface area contributed by atoms with Crippen LogP contribution in [0.15, 0.2) is 36.1 Å². The summed E-state index contributed by atoms with van der Waals surface area (Å²) in [6, 6.07) is 0. The van der Waals surface area contributed by atoms with Gasteiger partial charge in [-0.15, -0.1) is 27.1 Å². The van der Waals surface area contributed by atoms with Crippen LogP contribution >= 0.6 is 22.3 Å². The molecule has 0 bridgehead atoms. The number of allylic oxidation sites excluding steroid dienone is 3. The zero-order valence-electron chi connectivity index (χ0n) is 11.2. The highest BCUT2D eigenvalue weighted by Crippen LogP contribution is 2.86. The molecule has 1 aliphatic carbocycles. The Kier molecular flexibility index (Phi) is 5.15. The van der Waals surface area contributed by atoms with Crippen molar-refractivity contribution >= 4 is 22.3 Å². The van der Waals surface area contributed by atoms with Crippen LogP contribution in [0.4, 0.5) is 15.5 Å². The molecule has 1 rings (SSSR count). The Morgan fingerprint density at radius 1 is 1.48 bits per heavy atom. The minimum atomic E-state index is -8.15. The van der Waals surface area contributed by atoms with Crippen molar-refractivity contribution < 1.29 is 20.5 Å². The van der Waals surface area contributed by atoms with Crippen LogP contribution in [0.1, 0.15) is 26.2 Å². The molecule has 0 aliphatic heterocycles. The molecular formula is C12H16ClF4NO2S. The van der Waals surface area contributed by atoms with Gasteiger partial charge < -0.3 is 0 Å². The average Bonchev–Trinajstić information content (AvgIpc) is 2.33. The number of rotatable bonds is 6. The van der Waals surface area contributed by atoms with E-state index >= 15 is 0 Å². The standard InChI is InChI=1S/C12H16ClF4NO2S/c1-2-3-4-5-7-12(21(14,15,16)17)8-6-10(18(19)20)9-11(12)13/h5-9,11,21H,2-4H2,1H3. The van der Waals surface area contributed by atoms with Crippen LogP contribution in [0.2, 0.25) is 0 Å². The molecule has 9 heteroatoms. The summed E-state index contributed by atoms with van der Waals surface area (Å²) in [5.74, 6) is 0. The third-order valence-corrected chi connectivity index (χ3v) is 5.57. The molecule has 1 aliphatic rings. The van der Waals surface area contributed by atoms with E-state index in [4.69, 9.17) is 11.6 Å². The van der Waals surface area contributed by atoms with E-state index in [-0.39, 0.29) is 0 Å². The molecule has 2 atom stereocenters. The van der Waals surface area contributed by atoms with E-state index in [2.05, 4.69) is 0 Å². The fraction of sp³-hybridized carbons (Fsp3) is 0.500. The molecule has 0 saturated heterocycles. The Hall–Kier alpha value is -1.02. The highest BCUT2D eigenvalue weighted by molar-refractivity contribution is 8.35. The number of nitro groups is 1. The molecule has 0 aromatic heterocycles. The molecule has 0 N–H and O–H groups in total.